The molecule has 0 aliphatic carbocycles. The number of halogens is 9. The van der Waals surface area contributed by atoms with Crippen molar-refractivity contribution in [2.45, 2.75) is 105 Å². The number of hydrogen-bond donors (Lipinski definition) is 4. The second-order valence-electron chi connectivity index (χ2n) is 20.0. The molecule has 4 aliphatic heterocycles. The first-order valence-corrected chi connectivity index (χ1v) is 31.3. The Balaban J connectivity index is 0.00000107. The van der Waals surface area contributed by atoms with E-state index in [2.05, 4.69) is 56.1 Å². The number of aliphatic hydroxyl groups is 1. The largest absolute Gasteiger partial charge is 0.400 e. The number of anilines is 5. The van der Waals surface area contributed by atoms with Crippen molar-refractivity contribution >= 4 is 98.2 Å². The third-order valence-electron chi connectivity index (χ3n) is 13.9. The number of piperidine rings is 4. The Kier molecular flexibility index (Phi) is 46.7. The maximum Gasteiger partial charge on any atom is 0.307 e. The molecule has 510 valence electrons. The van der Waals surface area contributed by atoms with Gasteiger partial charge in [-0.25, -0.2) is 17.6 Å². The van der Waals surface area contributed by atoms with Crippen molar-refractivity contribution in [3.63, 3.8) is 0 Å². The van der Waals surface area contributed by atoms with Crippen LogP contribution in [0.5, 0.6) is 0 Å². The first-order chi connectivity index (χ1) is 43.4. The fourth-order valence-corrected chi connectivity index (χ4v) is 9.42. The van der Waals surface area contributed by atoms with E-state index < -0.39 is 38.2 Å². The van der Waals surface area contributed by atoms with E-state index in [0.717, 1.165) is 102 Å². The van der Waals surface area contributed by atoms with Crippen LogP contribution in [0.15, 0.2) is 122 Å². The minimum atomic E-state index is -1.03. The highest BCUT2D eigenvalue weighted by Gasteiger charge is 2.22. The summed E-state index contributed by atoms with van der Waals surface area (Å²) in [5, 5.41) is 33.7. The third-order valence-corrected chi connectivity index (χ3v) is 14.1. The molecule has 4 aliphatic rings. The van der Waals surface area contributed by atoms with Crippen LogP contribution in [0.4, 0.5) is 61.8 Å². The number of carbonyl (C=O) groups is 2. The van der Waals surface area contributed by atoms with Gasteiger partial charge in [0.25, 0.3) is 16.8 Å². The molecule has 4 fully saturated rings. The third kappa shape index (κ3) is 33.5. The Morgan fingerprint density at radius 2 is 0.924 bits per heavy atom. The molecule has 0 unspecified atom stereocenters. The van der Waals surface area contributed by atoms with Crippen LogP contribution in [0.25, 0.3) is 0 Å². The average Bonchev–Trinajstić information content (AvgIpc) is 1.01. The lowest BCUT2D eigenvalue weighted by Gasteiger charge is -2.30. The Hall–Kier alpha value is -6.99. The molecule has 0 bridgehead atoms. The van der Waals surface area contributed by atoms with E-state index in [1.165, 1.54) is 126 Å². The molecular weight excluding hydrogens is 1280 g/mol. The van der Waals surface area contributed by atoms with Crippen LogP contribution >= 0.6 is 47.2 Å². The number of amides is 1. The second kappa shape index (κ2) is 50.6. The molecule has 0 radical (unpaired) electrons. The zero-order valence-corrected chi connectivity index (χ0v) is 55.1. The number of rotatable bonds is 11. The zero-order valence-electron chi connectivity index (χ0n) is 52.0. The number of nitrogens with two attached hydrogens (primary N) is 1. The van der Waals surface area contributed by atoms with E-state index >= 15 is 0 Å². The van der Waals surface area contributed by atoms with Gasteiger partial charge < -0.3 is 41.1 Å². The highest BCUT2D eigenvalue weighted by atomic mass is 35.5. The Labute approximate surface area is 559 Å². The van der Waals surface area contributed by atoms with Crippen LogP contribution in [0, 0.1) is 49.3 Å². The molecule has 6 heterocycles. The molecular formula is C65H90Cl4F5N11O7. The van der Waals surface area contributed by atoms with Gasteiger partial charge in [-0.2, -0.15) is 4.39 Å². The molecule has 92 heavy (non-hydrogen) atoms. The fourth-order valence-electron chi connectivity index (χ4n) is 9.29. The summed E-state index contributed by atoms with van der Waals surface area (Å²) in [4.78, 5) is 58.3. The van der Waals surface area contributed by atoms with Crippen LogP contribution in [0.3, 0.4) is 0 Å². The number of aliphatic hydroxyl groups excluding tert-OH is 1. The minimum absolute atomic E-state index is 0. The quantitative estimate of drug-likeness (QED) is 0.0236. The molecule has 4 aromatic carbocycles. The van der Waals surface area contributed by atoms with Gasteiger partial charge in [0, 0.05) is 82.3 Å². The summed E-state index contributed by atoms with van der Waals surface area (Å²) in [6.07, 6.45) is 20.8. The lowest BCUT2D eigenvalue weighted by molar-refractivity contribution is -0.387. The molecule has 1 amide bonds. The first-order valence-electron chi connectivity index (χ1n) is 29.8. The number of nitro benzene ring substituents is 2. The lowest BCUT2D eigenvalue weighted by atomic mass is 10.1. The van der Waals surface area contributed by atoms with E-state index in [9.17, 15) is 51.8 Å². The van der Waals surface area contributed by atoms with Crippen LogP contribution in [0.2, 0.25) is 0 Å². The molecule has 0 atom stereocenters. The average molecular weight is 1370 g/mol. The highest BCUT2D eigenvalue weighted by molar-refractivity contribution is 6.67. The van der Waals surface area contributed by atoms with E-state index in [0.29, 0.717) is 40.3 Å². The van der Waals surface area contributed by atoms with E-state index in [4.69, 9.17) is 45.6 Å². The van der Waals surface area contributed by atoms with E-state index in [1.54, 1.807) is 48.8 Å². The molecule has 0 saturated carbocycles. The van der Waals surface area contributed by atoms with Gasteiger partial charge in [0.2, 0.25) is 5.82 Å². The number of aromatic nitrogens is 2. The fraction of sp³-hybridized carbons (Fsp3) is 0.446. The summed E-state index contributed by atoms with van der Waals surface area (Å²) in [5.74, 6) is -3.29. The highest BCUT2D eigenvalue weighted by Crippen LogP contribution is 2.32. The lowest BCUT2D eigenvalue weighted by Crippen LogP contribution is -2.30. The van der Waals surface area contributed by atoms with Gasteiger partial charge >= 0.3 is 5.69 Å². The van der Waals surface area contributed by atoms with Crippen molar-refractivity contribution in [3.05, 3.63) is 182 Å². The van der Waals surface area contributed by atoms with Crippen LogP contribution in [-0.2, 0) is 0 Å². The standard InChI is InChI=1S/C17H18FN3O.C11H13FN2O2.C11H15FN2.C6H4ClNO.C6H3F2NO2.C6H15N.C5H11N.CH2Cl2.CH4O.CH4.ClH/c18-14-4-5-16(21-10-2-1-3-11-21)15(12-14)20-17(22)13-6-8-19-9-7-13;12-9-4-5-10(11(8-9)14(15)16)13-6-2-1-3-7-13;12-9-4-5-11(10(13)8-9)14-6-2-1-3-7-14;7-6(9)5-1-3-8-4-2-5;7-4-1-2-5(8)6(3-4)9(10)11;1-4-7(5-2)6-3;1-2-4-6-5-3-1;2-1-3;1-2;;/h4-9,12H,1-3,10-11H2,(H,20,22);4-5,8H,1-3,6-7H2;4-5,8H,1-3,6-7,13H2;1-4H;1-3H;4-6H2,1-3H3;6H,1-5H2;1H2;2H,1H3;1H4;1H. The molecule has 6 aromatic rings. The van der Waals surface area contributed by atoms with Crippen LogP contribution in [-0.4, -0.2) is 125 Å². The number of nitrogens with zero attached hydrogens (tertiary/aromatic N) is 8. The molecule has 27 heteroatoms. The Bertz CT molecular complexity index is 2970. The van der Waals surface area contributed by atoms with Crippen molar-refractivity contribution in [3.8, 4) is 0 Å². The summed E-state index contributed by atoms with van der Waals surface area (Å²) in [6.45, 7) is 18.2. The van der Waals surface area contributed by atoms with Gasteiger partial charge in [0.15, 0.2) is 0 Å². The summed E-state index contributed by atoms with van der Waals surface area (Å²) in [5.41, 5.74) is 9.23. The smallest absolute Gasteiger partial charge is 0.307 e. The molecule has 2 aromatic heterocycles. The van der Waals surface area contributed by atoms with Gasteiger partial charge in [0.05, 0.1) is 50.1 Å². The number of nitrogen functional groups attached to an aromatic ring is 1. The van der Waals surface area contributed by atoms with Crippen molar-refractivity contribution < 1.29 is 46.5 Å². The predicted octanol–water partition coefficient (Wildman–Crippen LogP) is 16.1. The number of alkyl halides is 2. The summed E-state index contributed by atoms with van der Waals surface area (Å²) in [6, 6.07) is 21.4. The molecule has 5 N–H and O–H groups in total. The number of pyridine rings is 2. The maximum atomic E-state index is 13.6. The second-order valence-corrected chi connectivity index (χ2v) is 21.1. The Morgan fingerprint density at radius 3 is 1.28 bits per heavy atom. The van der Waals surface area contributed by atoms with Gasteiger partial charge in [-0.05, 0) is 200 Å². The number of benzene rings is 4. The van der Waals surface area contributed by atoms with Crippen LogP contribution in [0.1, 0.15) is 126 Å². The summed E-state index contributed by atoms with van der Waals surface area (Å²) in [7, 11) is 1.00. The monoisotopic (exact) mass is 1370 g/mol. The normalized spacial score (nSPS) is 13.6. The first kappa shape index (κ1) is 85.0. The number of nitro groups is 2. The van der Waals surface area contributed by atoms with Gasteiger partial charge in [-0.1, -0.05) is 34.6 Å². The topological polar surface area (TPSA) is 229 Å². The SMILES string of the molecule is C.C1CCNCC1.CCN(CC)CC.CO.Cl.ClCCl.Nc1cc(F)ccc1N1CCCCC1.O=C(Cl)c1ccncc1.O=C(Nc1cc(F)ccc1N1CCCCC1)c1ccncc1.O=[N+]([O-])c1cc(F)ccc1F.O=[N+]([O-])c1cc(F)ccc1N1CCCCC1. The van der Waals surface area contributed by atoms with E-state index in [-0.39, 0.29) is 48.4 Å². The van der Waals surface area contributed by atoms with Crippen molar-refractivity contribution in [2.24, 2.45) is 0 Å². The van der Waals surface area contributed by atoms with Gasteiger partial charge in [-0.15, -0.1) is 35.6 Å². The minimum Gasteiger partial charge on any atom is -0.400 e. The summed E-state index contributed by atoms with van der Waals surface area (Å²) < 4.78 is 64.0. The van der Waals surface area contributed by atoms with Crippen molar-refractivity contribution in [2.75, 3.05) is 110 Å². The number of carbonyl (C=O) groups excluding carboxylic acids is 2. The van der Waals surface area contributed by atoms with Gasteiger partial charge in [0.1, 0.15) is 29.0 Å². The van der Waals surface area contributed by atoms with Crippen molar-refractivity contribution in [1.29, 1.82) is 0 Å². The molecule has 0 spiro atoms. The predicted molar refractivity (Wildman–Crippen MR) is 367 cm³/mol. The molecule has 18 nitrogen and oxygen atoms in total. The zero-order chi connectivity index (χ0) is 66.6. The summed E-state index contributed by atoms with van der Waals surface area (Å²) >= 11 is 14.7. The van der Waals surface area contributed by atoms with Gasteiger partial charge in [-0.3, -0.25) is 39.8 Å². The van der Waals surface area contributed by atoms with E-state index in [1.807, 2.05) is 4.90 Å². The number of hydrogen-bond acceptors (Lipinski definition) is 15. The Morgan fingerprint density at radius 1 is 0.565 bits per heavy atom. The molecule has 10 rings (SSSR count). The van der Waals surface area contributed by atoms with Crippen LogP contribution < -0.4 is 31.1 Å². The number of nitrogens with one attached hydrogen (secondary N) is 2. The van der Waals surface area contributed by atoms with Crippen molar-refractivity contribution in [1.82, 2.24) is 20.2 Å². The molecule has 4 saturated heterocycles. The maximum absolute atomic E-state index is 13.6.